The van der Waals surface area contributed by atoms with E-state index in [1.807, 2.05) is 0 Å². The van der Waals surface area contributed by atoms with Gasteiger partial charge in [0.25, 0.3) is 0 Å². The van der Waals surface area contributed by atoms with Gasteiger partial charge in [0.1, 0.15) is 17.1 Å². The summed E-state index contributed by atoms with van der Waals surface area (Å²) in [6.07, 6.45) is 0. The molecule has 0 bridgehead atoms. The molecule has 1 aliphatic heterocycles. The number of aliphatic hydroxyl groups excluding tert-OH is 1. The molecule has 0 saturated heterocycles. The molecule has 0 saturated carbocycles. The maximum Gasteiger partial charge on any atom is 0.347 e. The predicted molar refractivity (Wildman–Crippen MR) is 81.4 cm³/mol. The predicted octanol–water partition coefficient (Wildman–Crippen LogP) is 2.84. The number of hydrogen-bond acceptors (Lipinski definition) is 6. The Hall–Kier alpha value is -2.73. The minimum absolute atomic E-state index is 0.00874. The molecule has 0 spiro atoms. The highest BCUT2D eigenvalue weighted by atomic mass is 16.6. The zero-order chi connectivity index (χ0) is 16.9. The lowest BCUT2D eigenvalue weighted by atomic mass is 10.0. The summed E-state index contributed by atoms with van der Waals surface area (Å²) in [5, 5.41) is 29.5. The number of benzene rings is 2. The Kier molecular flexibility index (Phi) is 3.41. The molecular formula is C17H16O6. The van der Waals surface area contributed by atoms with Crippen LogP contribution in [0, 0.1) is 20.8 Å². The molecular weight excluding hydrogens is 300 g/mol. The number of carbonyl (C=O) groups excluding carboxylic acids is 1. The van der Waals surface area contributed by atoms with Crippen molar-refractivity contribution in [2.75, 3.05) is 0 Å². The molecule has 0 aromatic heterocycles. The number of phenols is 2. The first-order chi connectivity index (χ1) is 10.8. The second kappa shape index (κ2) is 5.17. The molecule has 3 rings (SSSR count). The van der Waals surface area contributed by atoms with Crippen molar-refractivity contribution >= 4 is 5.97 Å². The van der Waals surface area contributed by atoms with Crippen molar-refractivity contribution < 1.29 is 29.6 Å². The van der Waals surface area contributed by atoms with Gasteiger partial charge in [0, 0.05) is 5.56 Å². The normalized spacial score (nSPS) is 12.8. The van der Waals surface area contributed by atoms with Gasteiger partial charge in [-0.15, -0.1) is 0 Å². The minimum Gasteiger partial charge on any atom is -0.508 e. The number of phenolic OH excluding ortho intramolecular Hbond substituents is 1. The Morgan fingerprint density at radius 1 is 0.913 bits per heavy atom. The second-order valence-electron chi connectivity index (χ2n) is 5.54. The fourth-order valence-corrected chi connectivity index (χ4v) is 2.67. The van der Waals surface area contributed by atoms with Crippen LogP contribution >= 0.6 is 0 Å². The van der Waals surface area contributed by atoms with E-state index in [1.165, 1.54) is 12.1 Å². The third-order valence-corrected chi connectivity index (χ3v) is 3.96. The molecule has 0 radical (unpaired) electrons. The van der Waals surface area contributed by atoms with Crippen molar-refractivity contribution in [2.45, 2.75) is 27.4 Å². The third kappa shape index (κ3) is 2.19. The van der Waals surface area contributed by atoms with Crippen molar-refractivity contribution in [1.82, 2.24) is 0 Å². The molecule has 0 fully saturated rings. The van der Waals surface area contributed by atoms with E-state index in [0.29, 0.717) is 16.7 Å². The summed E-state index contributed by atoms with van der Waals surface area (Å²) in [5.41, 5.74) is 1.65. The molecule has 0 unspecified atom stereocenters. The molecule has 0 aliphatic carbocycles. The summed E-state index contributed by atoms with van der Waals surface area (Å²) in [7, 11) is 0. The van der Waals surface area contributed by atoms with Gasteiger partial charge in [0.05, 0.1) is 12.2 Å². The van der Waals surface area contributed by atoms with Crippen molar-refractivity contribution in [3.63, 3.8) is 0 Å². The number of esters is 1. The number of aliphatic hydroxyl groups is 1. The van der Waals surface area contributed by atoms with Crippen LogP contribution in [0.15, 0.2) is 12.1 Å². The van der Waals surface area contributed by atoms with E-state index < -0.39 is 12.6 Å². The molecule has 23 heavy (non-hydrogen) atoms. The van der Waals surface area contributed by atoms with Crippen LogP contribution in [0.2, 0.25) is 0 Å². The summed E-state index contributed by atoms with van der Waals surface area (Å²) in [5.74, 6) is -0.363. The SMILES string of the molecule is Cc1cc(O)c(C)c2c1Oc1c(CO)c(O)cc(C)c1C(=O)O2. The van der Waals surface area contributed by atoms with E-state index in [2.05, 4.69) is 0 Å². The van der Waals surface area contributed by atoms with Crippen LogP contribution in [0.1, 0.15) is 32.6 Å². The highest BCUT2D eigenvalue weighted by molar-refractivity contribution is 5.98. The molecule has 6 heteroatoms. The zero-order valence-corrected chi connectivity index (χ0v) is 12.9. The molecule has 2 aromatic rings. The monoisotopic (exact) mass is 316 g/mol. The third-order valence-electron chi connectivity index (χ3n) is 3.96. The van der Waals surface area contributed by atoms with E-state index in [4.69, 9.17) is 9.47 Å². The zero-order valence-electron chi connectivity index (χ0n) is 12.9. The van der Waals surface area contributed by atoms with E-state index >= 15 is 0 Å². The number of fused-ring (bicyclic) bond motifs is 2. The van der Waals surface area contributed by atoms with E-state index in [0.717, 1.165) is 0 Å². The lowest BCUT2D eigenvalue weighted by molar-refractivity contribution is 0.0735. The fraction of sp³-hybridized carbons (Fsp3) is 0.235. The van der Waals surface area contributed by atoms with Gasteiger partial charge < -0.3 is 24.8 Å². The maximum absolute atomic E-state index is 12.5. The average molecular weight is 316 g/mol. The molecule has 120 valence electrons. The van der Waals surface area contributed by atoms with Gasteiger partial charge in [-0.2, -0.15) is 0 Å². The summed E-state index contributed by atoms with van der Waals surface area (Å²) in [4.78, 5) is 12.5. The van der Waals surface area contributed by atoms with Crippen LogP contribution in [-0.4, -0.2) is 21.3 Å². The molecule has 0 amide bonds. The first kappa shape index (κ1) is 15.2. The average Bonchev–Trinajstić information content (AvgIpc) is 2.62. The number of hydrogen-bond donors (Lipinski definition) is 3. The molecule has 3 N–H and O–H groups in total. The van der Waals surface area contributed by atoms with Crippen molar-refractivity contribution in [1.29, 1.82) is 0 Å². The summed E-state index contributed by atoms with van der Waals surface area (Å²) in [6, 6.07) is 2.88. The van der Waals surface area contributed by atoms with Crippen LogP contribution in [0.25, 0.3) is 0 Å². The van der Waals surface area contributed by atoms with Crippen LogP contribution < -0.4 is 9.47 Å². The number of aromatic hydroxyl groups is 2. The van der Waals surface area contributed by atoms with Gasteiger partial charge in [0.15, 0.2) is 17.2 Å². The highest BCUT2D eigenvalue weighted by Crippen LogP contribution is 2.47. The van der Waals surface area contributed by atoms with Crippen LogP contribution in [0.5, 0.6) is 28.7 Å². The van der Waals surface area contributed by atoms with E-state index in [1.54, 1.807) is 20.8 Å². The number of rotatable bonds is 1. The largest absolute Gasteiger partial charge is 0.508 e. The quantitative estimate of drug-likeness (QED) is 0.553. The van der Waals surface area contributed by atoms with Gasteiger partial charge in [-0.05, 0) is 44.0 Å². The first-order valence-corrected chi connectivity index (χ1v) is 7.04. The van der Waals surface area contributed by atoms with Crippen LogP contribution in [-0.2, 0) is 6.61 Å². The smallest absolute Gasteiger partial charge is 0.347 e. The number of ether oxygens (including phenoxy) is 2. The lowest BCUT2D eigenvalue weighted by Gasteiger charge is -2.15. The lowest BCUT2D eigenvalue weighted by Crippen LogP contribution is -2.11. The molecule has 0 atom stereocenters. The Balaban J connectivity index is 2.35. The van der Waals surface area contributed by atoms with Gasteiger partial charge >= 0.3 is 5.97 Å². The number of aryl methyl sites for hydroxylation is 2. The first-order valence-electron chi connectivity index (χ1n) is 7.04. The summed E-state index contributed by atoms with van der Waals surface area (Å²) < 4.78 is 11.3. The molecule has 6 nitrogen and oxygen atoms in total. The van der Waals surface area contributed by atoms with Gasteiger partial charge in [-0.1, -0.05) is 0 Å². The Morgan fingerprint density at radius 3 is 2.22 bits per heavy atom. The maximum atomic E-state index is 12.5. The van der Waals surface area contributed by atoms with Gasteiger partial charge in [0.2, 0.25) is 0 Å². The number of carbonyl (C=O) groups is 1. The van der Waals surface area contributed by atoms with Crippen molar-refractivity contribution in [3.8, 4) is 28.7 Å². The van der Waals surface area contributed by atoms with E-state index in [9.17, 15) is 20.1 Å². The Morgan fingerprint density at radius 2 is 1.57 bits per heavy atom. The minimum atomic E-state index is -0.668. The highest BCUT2D eigenvalue weighted by Gasteiger charge is 2.31. The van der Waals surface area contributed by atoms with Crippen molar-refractivity contribution in [3.05, 3.63) is 39.9 Å². The van der Waals surface area contributed by atoms with E-state index in [-0.39, 0.29) is 39.9 Å². The summed E-state index contributed by atoms with van der Waals surface area (Å²) in [6.45, 7) is 4.45. The Labute approximate surface area is 132 Å². The topological polar surface area (TPSA) is 96.2 Å². The van der Waals surface area contributed by atoms with Crippen LogP contribution in [0.4, 0.5) is 0 Å². The Bertz CT molecular complexity index is 838. The standard InChI is InChI=1S/C17H16O6/c1-7-4-12(20)10(6-18)16-13(7)17(21)23-15-9(3)11(19)5-8(2)14(15)22-16/h4-5,18-20H,6H2,1-3H3. The second-order valence-corrected chi connectivity index (χ2v) is 5.54. The fourth-order valence-electron chi connectivity index (χ4n) is 2.67. The molecule has 2 aromatic carbocycles. The molecule has 1 aliphatic rings. The van der Waals surface area contributed by atoms with Crippen LogP contribution in [0.3, 0.4) is 0 Å². The van der Waals surface area contributed by atoms with Gasteiger partial charge in [-0.3, -0.25) is 0 Å². The van der Waals surface area contributed by atoms with Gasteiger partial charge in [-0.25, -0.2) is 4.79 Å². The summed E-state index contributed by atoms with van der Waals surface area (Å²) >= 11 is 0. The molecule has 1 heterocycles. The van der Waals surface area contributed by atoms with Crippen molar-refractivity contribution in [2.24, 2.45) is 0 Å².